The molecular formula is C30H32F3NO5. The summed E-state index contributed by atoms with van der Waals surface area (Å²) in [6, 6.07) is 10.0. The van der Waals surface area contributed by atoms with E-state index in [2.05, 4.69) is 0 Å². The molecule has 0 N–H and O–H groups in total. The molecule has 2 aliphatic rings. The van der Waals surface area contributed by atoms with Crippen LogP contribution in [0.25, 0.3) is 0 Å². The fourth-order valence-electron chi connectivity index (χ4n) is 5.34. The summed E-state index contributed by atoms with van der Waals surface area (Å²) in [6.45, 7) is 7.61. The van der Waals surface area contributed by atoms with Crippen LogP contribution >= 0.6 is 0 Å². The SMILES string of the molecule is CCOC(=O)C1C(C)=NC2=C(C(=O)CC(C)(C)C2)[C@@H]1c1ccc(OCc2cccc(C(F)(F)F)c2)c(OC)c1. The first kappa shape index (κ1) is 28.4. The molecule has 0 bridgehead atoms. The Hall–Kier alpha value is -3.62. The van der Waals surface area contributed by atoms with Gasteiger partial charge in [0.1, 0.15) is 12.5 Å². The van der Waals surface area contributed by atoms with E-state index in [0.717, 1.165) is 12.1 Å². The summed E-state index contributed by atoms with van der Waals surface area (Å²) < 4.78 is 56.0. The number of rotatable bonds is 7. The second-order valence-corrected chi connectivity index (χ2v) is 10.7. The molecule has 1 aliphatic carbocycles. The molecule has 1 heterocycles. The molecule has 0 saturated carbocycles. The maximum Gasteiger partial charge on any atom is 0.416 e. The number of alkyl halides is 3. The molecule has 0 amide bonds. The lowest BCUT2D eigenvalue weighted by molar-refractivity contribution is -0.146. The molecule has 4 rings (SSSR count). The summed E-state index contributed by atoms with van der Waals surface area (Å²) in [6.07, 6.45) is -3.51. The first-order chi connectivity index (χ1) is 18.3. The minimum absolute atomic E-state index is 0.0550. The number of carbonyl (C=O) groups excluding carboxylic acids is 2. The Morgan fingerprint density at radius 3 is 2.51 bits per heavy atom. The number of nitrogens with zero attached hydrogens (tertiary/aromatic N) is 1. The van der Waals surface area contributed by atoms with Gasteiger partial charge in [-0.2, -0.15) is 13.2 Å². The van der Waals surface area contributed by atoms with E-state index < -0.39 is 29.5 Å². The highest BCUT2D eigenvalue weighted by atomic mass is 19.4. The largest absolute Gasteiger partial charge is 0.493 e. The Labute approximate surface area is 225 Å². The minimum atomic E-state index is -4.45. The highest BCUT2D eigenvalue weighted by Gasteiger charge is 2.46. The summed E-state index contributed by atoms with van der Waals surface area (Å²) >= 11 is 0. The number of hydrogen-bond acceptors (Lipinski definition) is 6. The summed E-state index contributed by atoms with van der Waals surface area (Å²) in [5, 5.41) is 0. The van der Waals surface area contributed by atoms with Gasteiger partial charge in [-0.25, -0.2) is 0 Å². The standard InChI is InChI=1S/C30H32F3NO5/c1-6-38-28(36)25-17(2)34-21-14-29(3,4)15-22(35)27(21)26(25)19-10-11-23(24(13-19)37-5)39-16-18-8-7-9-20(12-18)30(31,32)33/h7-13,25-26H,6,14-16H2,1-5H3/t25?,26-/m1/s1. The summed E-state index contributed by atoms with van der Waals surface area (Å²) in [5.74, 6) is -1.27. The third-order valence-corrected chi connectivity index (χ3v) is 7.04. The lowest BCUT2D eigenvalue weighted by Gasteiger charge is -2.39. The Bertz CT molecular complexity index is 1340. The molecule has 0 saturated heterocycles. The van der Waals surface area contributed by atoms with Crippen molar-refractivity contribution in [2.75, 3.05) is 13.7 Å². The second kappa shape index (κ2) is 10.9. The lowest BCUT2D eigenvalue weighted by atomic mass is 9.67. The number of esters is 1. The number of allylic oxidation sites excluding steroid dienone is 2. The second-order valence-electron chi connectivity index (χ2n) is 10.7. The van der Waals surface area contributed by atoms with Gasteiger partial charge in [-0.15, -0.1) is 0 Å². The van der Waals surface area contributed by atoms with Crippen LogP contribution in [0, 0.1) is 11.3 Å². The van der Waals surface area contributed by atoms with Gasteiger partial charge in [0.05, 0.1) is 19.3 Å². The van der Waals surface area contributed by atoms with Crippen molar-refractivity contribution in [1.29, 1.82) is 0 Å². The Balaban J connectivity index is 1.70. The molecule has 2 atom stereocenters. The Morgan fingerprint density at radius 1 is 1.10 bits per heavy atom. The number of ketones is 1. The van der Waals surface area contributed by atoms with E-state index in [1.165, 1.54) is 13.2 Å². The number of carbonyl (C=O) groups is 2. The molecule has 9 heteroatoms. The number of aliphatic imine (C=N–C) groups is 1. The first-order valence-electron chi connectivity index (χ1n) is 12.8. The van der Waals surface area contributed by atoms with Gasteiger partial charge in [0, 0.05) is 29.3 Å². The number of benzene rings is 2. The minimum Gasteiger partial charge on any atom is -0.493 e. The van der Waals surface area contributed by atoms with E-state index in [9.17, 15) is 22.8 Å². The molecule has 0 spiro atoms. The van der Waals surface area contributed by atoms with Gasteiger partial charge in [-0.05, 0) is 61.1 Å². The van der Waals surface area contributed by atoms with Crippen molar-refractivity contribution in [3.8, 4) is 11.5 Å². The summed E-state index contributed by atoms with van der Waals surface area (Å²) in [5.41, 5.74) is 1.77. The molecular weight excluding hydrogens is 511 g/mol. The van der Waals surface area contributed by atoms with Crippen molar-refractivity contribution in [3.05, 3.63) is 70.4 Å². The predicted octanol–water partition coefficient (Wildman–Crippen LogP) is 6.67. The van der Waals surface area contributed by atoms with Crippen molar-refractivity contribution in [2.24, 2.45) is 16.3 Å². The van der Waals surface area contributed by atoms with E-state index in [-0.39, 0.29) is 24.4 Å². The highest BCUT2D eigenvalue weighted by Crippen LogP contribution is 2.49. The monoisotopic (exact) mass is 543 g/mol. The van der Waals surface area contributed by atoms with Gasteiger partial charge in [0.15, 0.2) is 17.3 Å². The van der Waals surface area contributed by atoms with Crippen molar-refractivity contribution < 1.29 is 37.0 Å². The predicted molar refractivity (Wildman–Crippen MR) is 140 cm³/mol. The van der Waals surface area contributed by atoms with Crippen LogP contribution in [-0.2, 0) is 27.1 Å². The van der Waals surface area contributed by atoms with E-state index in [4.69, 9.17) is 19.2 Å². The normalized spacial score (nSPS) is 20.7. The smallest absolute Gasteiger partial charge is 0.416 e. The summed E-state index contributed by atoms with van der Waals surface area (Å²) in [7, 11) is 1.45. The van der Waals surface area contributed by atoms with Crippen molar-refractivity contribution in [1.82, 2.24) is 0 Å². The van der Waals surface area contributed by atoms with Crippen LogP contribution in [0.15, 0.2) is 58.7 Å². The van der Waals surface area contributed by atoms with Crippen molar-refractivity contribution >= 4 is 17.5 Å². The lowest BCUT2D eigenvalue weighted by Crippen LogP contribution is -2.39. The molecule has 2 aromatic carbocycles. The van der Waals surface area contributed by atoms with Crippen molar-refractivity contribution in [2.45, 2.75) is 59.2 Å². The molecule has 0 fully saturated rings. The van der Waals surface area contributed by atoms with Crippen LogP contribution in [0.2, 0.25) is 0 Å². The van der Waals surface area contributed by atoms with E-state index in [1.54, 1.807) is 38.1 Å². The highest BCUT2D eigenvalue weighted by molar-refractivity contribution is 6.09. The molecule has 1 unspecified atom stereocenters. The van der Waals surface area contributed by atoms with Crippen molar-refractivity contribution in [3.63, 3.8) is 0 Å². The molecule has 6 nitrogen and oxygen atoms in total. The van der Waals surface area contributed by atoms with Gasteiger partial charge in [0.25, 0.3) is 0 Å². The molecule has 1 aliphatic heterocycles. The van der Waals surface area contributed by atoms with Gasteiger partial charge in [-0.1, -0.05) is 32.0 Å². The number of Topliss-reactive ketones (excluding diaryl/α,β-unsaturated/α-hetero) is 1. The average Bonchev–Trinajstić information content (AvgIpc) is 2.85. The van der Waals surface area contributed by atoms with Crippen LogP contribution in [0.4, 0.5) is 13.2 Å². The summed E-state index contributed by atoms with van der Waals surface area (Å²) in [4.78, 5) is 31.2. The topological polar surface area (TPSA) is 74.2 Å². The quantitative estimate of drug-likeness (QED) is 0.365. The maximum atomic E-state index is 13.4. The molecule has 0 aromatic heterocycles. The van der Waals surface area contributed by atoms with Crippen LogP contribution in [0.3, 0.4) is 0 Å². The maximum absolute atomic E-state index is 13.4. The third-order valence-electron chi connectivity index (χ3n) is 7.04. The zero-order valence-electron chi connectivity index (χ0n) is 22.6. The number of ether oxygens (including phenoxy) is 3. The van der Waals surface area contributed by atoms with Crippen LogP contribution in [0.5, 0.6) is 11.5 Å². The molecule has 0 radical (unpaired) electrons. The fraction of sp³-hybridized carbons (Fsp3) is 0.433. The Kier molecular flexibility index (Phi) is 7.91. The number of methoxy groups -OCH3 is 1. The molecule has 208 valence electrons. The third kappa shape index (κ3) is 6.02. The van der Waals surface area contributed by atoms with Crippen LogP contribution in [0.1, 0.15) is 63.1 Å². The van der Waals surface area contributed by atoms with E-state index >= 15 is 0 Å². The average molecular weight is 544 g/mol. The molecule has 39 heavy (non-hydrogen) atoms. The van der Waals surface area contributed by atoms with E-state index in [0.29, 0.717) is 52.4 Å². The zero-order chi connectivity index (χ0) is 28.5. The number of halogens is 3. The van der Waals surface area contributed by atoms with Gasteiger partial charge in [-0.3, -0.25) is 14.6 Å². The first-order valence-corrected chi connectivity index (χ1v) is 12.8. The zero-order valence-corrected chi connectivity index (χ0v) is 22.6. The van der Waals surface area contributed by atoms with Gasteiger partial charge < -0.3 is 14.2 Å². The van der Waals surface area contributed by atoms with Crippen LogP contribution in [-0.4, -0.2) is 31.2 Å². The number of hydrogen-bond donors (Lipinski definition) is 0. The Morgan fingerprint density at radius 2 is 1.85 bits per heavy atom. The van der Waals surface area contributed by atoms with Crippen LogP contribution < -0.4 is 9.47 Å². The molecule has 2 aromatic rings. The van der Waals surface area contributed by atoms with E-state index in [1.807, 2.05) is 13.8 Å². The van der Waals surface area contributed by atoms with Gasteiger partial charge >= 0.3 is 12.1 Å². The fourth-order valence-corrected chi connectivity index (χ4v) is 5.34. The van der Waals surface area contributed by atoms with Gasteiger partial charge in [0.2, 0.25) is 0 Å².